The summed E-state index contributed by atoms with van der Waals surface area (Å²) in [6.07, 6.45) is 1.71. The minimum absolute atomic E-state index is 0.0715. The van der Waals surface area contributed by atoms with E-state index < -0.39 is 35.6 Å². The van der Waals surface area contributed by atoms with Crippen LogP contribution in [0.3, 0.4) is 0 Å². The van der Waals surface area contributed by atoms with Crippen LogP contribution >= 0.6 is 11.3 Å². The summed E-state index contributed by atoms with van der Waals surface area (Å²) in [6, 6.07) is 5.92. The topological polar surface area (TPSA) is 109 Å². The Labute approximate surface area is 229 Å². The summed E-state index contributed by atoms with van der Waals surface area (Å²) in [7, 11) is 0. The molecule has 0 saturated carbocycles. The first kappa shape index (κ1) is 28.9. The van der Waals surface area contributed by atoms with Gasteiger partial charge in [0, 0.05) is 12.3 Å². The maximum Gasteiger partial charge on any atom is 0.309 e. The Morgan fingerprint density at radius 1 is 1.24 bits per heavy atom. The van der Waals surface area contributed by atoms with E-state index in [-0.39, 0.29) is 29.8 Å². The van der Waals surface area contributed by atoms with E-state index in [0.717, 1.165) is 40.1 Å². The average Bonchev–Trinajstić information content (AvgIpc) is 3.32. The normalized spacial score (nSPS) is 34.9. The molecule has 2 saturated heterocycles. The van der Waals surface area contributed by atoms with Crippen LogP contribution in [-0.2, 0) is 19.1 Å². The molecule has 0 amide bonds. The number of thiazole rings is 1. The number of aryl methyl sites for hydroxylation is 1. The van der Waals surface area contributed by atoms with Crippen LogP contribution in [0.1, 0.15) is 82.9 Å². The Kier molecular flexibility index (Phi) is 8.48. The minimum atomic E-state index is -1.27. The van der Waals surface area contributed by atoms with E-state index in [0.29, 0.717) is 12.8 Å². The molecule has 208 valence electrons. The van der Waals surface area contributed by atoms with Crippen LogP contribution in [0.2, 0.25) is 0 Å². The van der Waals surface area contributed by atoms with Crippen molar-refractivity contribution < 1.29 is 29.3 Å². The number of esters is 1. The van der Waals surface area contributed by atoms with Crippen LogP contribution < -0.4 is 0 Å². The number of carbonyl (C=O) groups excluding carboxylic acids is 2. The molecular weight excluding hydrogens is 502 g/mol. The number of aliphatic hydroxyl groups is 2. The number of Topliss-reactive ketones (excluding diaryl/α,β-unsaturated/α-hetero) is 1. The van der Waals surface area contributed by atoms with Crippen LogP contribution in [0.15, 0.2) is 30.9 Å². The van der Waals surface area contributed by atoms with Gasteiger partial charge in [0.2, 0.25) is 0 Å². The number of hydrogen-bond donors (Lipinski definition) is 2. The third-order valence-corrected chi connectivity index (χ3v) is 9.49. The van der Waals surface area contributed by atoms with Gasteiger partial charge in [-0.15, -0.1) is 17.9 Å². The van der Waals surface area contributed by atoms with E-state index in [1.807, 2.05) is 32.0 Å². The van der Waals surface area contributed by atoms with Crippen LogP contribution in [0, 0.1) is 24.2 Å². The second-order valence-corrected chi connectivity index (χ2v) is 13.1. The molecule has 3 heterocycles. The Morgan fingerprint density at radius 2 is 1.97 bits per heavy atom. The maximum atomic E-state index is 13.6. The number of aromatic nitrogens is 1. The van der Waals surface area contributed by atoms with Gasteiger partial charge in [0.1, 0.15) is 11.9 Å². The summed E-state index contributed by atoms with van der Waals surface area (Å²) in [5.74, 6) is -1.68. The number of aliphatic hydroxyl groups excluding tert-OH is 2. The lowest BCUT2D eigenvalue weighted by atomic mass is 9.71. The summed E-state index contributed by atoms with van der Waals surface area (Å²) in [5, 5.41) is 23.2. The zero-order valence-electron chi connectivity index (χ0n) is 23.1. The Balaban J connectivity index is 1.63. The molecule has 1 aromatic carbocycles. The molecule has 2 unspecified atom stereocenters. The van der Waals surface area contributed by atoms with Crippen molar-refractivity contribution in [3.05, 3.63) is 41.4 Å². The molecule has 7 nitrogen and oxygen atoms in total. The Hall–Kier alpha value is -2.13. The lowest BCUT2D eigenvalue weighted by Gasteiger charge is -2.35. The van der Waals surface area contributed by atoms with Gasteiger partial charge < -0.3 is 19.7 Å². The van der Waals surface area contributed by atoms with Crippen molar-refractivity contribution >= 4 is 33.3 Å². The molecule has 8 heteroatoms. The monoisotopic (exact) mass is 543 g/mol. The fraction of sp³-hybridized carbons (Fsp3) is 0.633. The van der Waals surface area contributed by atoms with E-state index >= 15 is 0 Å². The highest BCUT2D eigenvalue weighted by molar-refractivity contribution is 7.18. The lowest BCUT2D eigenvalue weighted by molar-refractivity contribution is -0.156. The highest BCUT2D eigenvalue weighted by Gasteiger charge is 2.53. The SMILES string of the molecule is C=CC[C@H]1C(=O)C(C)(C)[C@@H](O)CC(=O)OC(c2ccc3sc(C)nc3c2)C[C@H]2O[C@]2(C)CCC[C@H](C)C1O. The molecule has 2 fully saturated rings. The molecule has 2 N–H and O–H groups in total. The number of rotatable bonds is 3. The molecule has 4 rings (SSSR count). The maximum absolute atomic E-state index is 13.6. The van der Waals surface area contributed by atoms with Crippen molar-refractivity contribution in [2.75, 3.05) is 0 Å². The van der Waals surface area contributed by atoms with Gasteiger partial charge in [-0.1, -0.05) is 39.3 Å². The third-order valence-electron chi connectivity index (χ3n) is 8.54. The number of fused-ring (bicyclic) bond motifs is 2. The minimum Gasteiger partial charge on any atom is -0.457 e. The van der Waals surface area contributed by atoms with Gasteiger partial charge in [-0.3, -0.25) is 9.59 Å². The lowest BCUT2D eigenvalue weighted by Crippen LogP contribution is -2.46. The van der Waals surface area contributed by atoms with E-state index in [2.05, 4.69) is 18.5 Å². The Morgan fingerprint density at radius 3 is 2.68 bits per heavy atom. The number of epoxide rings is 1. The summed E-state index contributed by atoms with van der Waals surface area (Å²) >= 11 is 1.61. The predicted molar refractivity (Wildman–Crippen MR) is 148 cm³/mol. The number of nitrogens with zero attached hydrogens (tertiary/aromatic N) is 1. The first-order chi connectivity index (χ1) is 17.9. The standard InChI is InChI=1S/C30H41NO6S/c1-7-9-20-27(34)17(2)10-8-13-30(6)25(37-30)15-22(19-11-12-23-21(14-19)31-18(3)38-23)36-26(33)16-24(32)29(4,5)28(20)35/h7,11-12,14,17,20,22,24-25,27,32,34H,1,8-10,13,15-16H2,2-6H3/t17-,20+,22?,24-,25+,27?,30+/m0/s1. The van der Waals surface area contributed by atoms with E-state index in [4.69, 9.17) is 9.47 Å². The largest absolute Gasteiger partial charge is 0.457 e. The smallest absolute Gasteiger partial charge is 0.309 e. The molecule has 38 heavy (non-hydrogen) atoms. The van der Waals surface area contributed by atoms with Gasteiger partial charge in [-0.25, -0.2) is 4.98 Å². The average molecular weight is 544 g/mol. The van der Waals surface area contributed by atoms with E-state index in [1.165, 1.54) is 0 Å². The Bertz CT molecular complexity index is 1190. The number of ether oxygens (including phenoxy) is 2. The van der Waals surface area contributed by atoms with Crippen LogP contribution in [0.5, 0.6) is 0 Å². The fourth-order valence-corrected chi connectivity index (χ4v) is 6.51. The van der Waals surface area contributed by atoms with Crippen molar-refractivity contribution in [1.29, 1.82) is 0 Å². The number of ketones is 1. The molecule has 0 radical (unpaired) electrons. The van der Waals surface area contributed by atoms with E-state index in [9.17, 15) is 19.8 Å². The van der Waals surface area contributed by atoms with Crippen molar-refractivity contribution in [3.8, 4) is 0 Å². The molecule has 0 bridgehead atoms. The molecule has 0 aliphatic carbocycles. The first-order valence-corrected chi connectivity index (χ1v) is 14.4. The number of cyclic esters (lactones) is 1. The van der Waals surface area contributed by atoms with Crippen molar-refractivity contribution in [3.63, 3.8) is 0 Å². The summed E-state index contributed by atoms with van der Waals surface area (Å²) in [6.45, 7) is 13.0. The molecule has 0 spiro atoms. The van der Waals surface area contributed by atoms with Gasteiger partial charge in [0.05, 0.1) is 51.0 Å². The first-order valence-electron chi connectivity index (χ1n) is 13.6. The van der Waals surface area contributed by atoms with Gasteiger partial charge in [-0.2, -0.15) is 0 Å². The van der Waals surface area contributed by atoms with Crippen LogP contribution in [0.4, 0.5) is 0 Å². The zero-order valence-corrected chi connectivity index (χ0v) is 23.9. The fourth-order valence-electron chi connectivity index (χ4n) is 5.70. The summed E-state index contributed by atoms with van der Waals surface area (Å²) in [5.41, 5.74) is 0.115. The summed E-state index contributed by atoms with van der Waals surface area (Å²) in [4.78, 5) is 31.3. The molecule has 7 atom stereocenters. The van der Waals surface area contributed by atoms with Crippen molar-refractivity contribution in [2.24, 2.45) is 17.3 Å². The predicted octanol–water partition coefficient (Wildman–Crippen LogP) is 5.46. The zero-order chi connectivity index (χ0) is 27.8. The summed E-state index contributed by atoms with van der Waals surface area (Å²) < 4.78 is 13.2. The molecule has 2 aliphatic heterocycles. The molecule has 2 aliphatic rings. The van der Waals surface area contributed by atoms with Gasteiger partial charge in [0.25, 0.3) is 0 Å². The van der Waals surface area contributed by atoms with Gasteiger partial charge in [-0.05, 0) is 56.7 Å². The van der Waals surface area contributed by atoms with Crippen LogP contribution in [0.25, 0.3) is 10.2 Å². The molecule has 2 aromatic rings. The third kappa shape index (κ3) is 6.03. The van der Waals surface area contributed by atoms with E-state index in [1.54, 1.807) is 31.3 Å². The number of carbonyl (C=O) groups is 2. The van der Waals surface area contributed by atoms with Crippen LogP contribution in [-0.4, -0.2) is 50.9 Å². The number of allylic oxidation sites excluding steroid dienone is 1. The van der Waals surface area contributed by atoms with Gasteiger partial charge in [0.15, 0.2) is 0 Å². The van der Waals surface area contributed by atoms with Crippen molar-refractivity contribution in [1.82, 2.24) is 4.98 Å². The number of benzene rings is 1. The quantitative estimate of drug-likeness (QED) is 0.301. The second kappa shape index (κ2) is 11.2. The molecular formula is C30H41NO6S. The highest BCUT2D eigenvalue weighted by Crippen LogP contribution is 2.47. The molecule has 1 aromatic heterocycles. The number of hydrogen-bond acceptors (Lipinski definition) is 8. The highest BCUT2D eigenvalue weighted by atomic mass is 32.1. The van der Waals surface area contributed by atoms with Crippen molar-refractivity contribution in [2.45, 2.75) is 103 Å². The second-order valence-electron chi connectivity index (χ2n) is 11.9. The van der Waals surface area contributed by atoms with Gasteiger partial charge >= 0.3 is 5.97 Å².